The summed E-state index contributed by atoms with van der Waals surface area (Å²) in [5.41, 5.74) is -1.68. The first-order chi connectivity index (χ1) is 8.01. The molecule has 2 aliphatic heterocycles. The van der Waals surface area contributed by atoms with E-state index in [2.05, 4.69) is 0 Å². The van der Waals surface area contributed by atoms with Crippen LogP contribution >= 0.6 is 0 Å². The molecule has 1 saturated heterocycles. The van der Waals surface area contributed by atoms with Crippen molar-refractivity contribution in [1.29, 1.82) is 0 Å². The van der Waals surface area contributed by atoms with Crippen molar-refractivity contribution >= 4 is 0 Å². The van der Waals surface area contributed by atoms with Crippen LogP contribution < -0.4 is 0 Å². The molecule has 0 aromatic heterocycles. The van der Waals surface area contributed by atoms with Crippen molar-refractivity contribution in [3.05, 3.63) is 12.2 Å². The number of methoxy groups -OCH3 is 2. The lowest BCUT2D eigenvalue weighted by Crippen LogP contribution is -2.56. The van der Waals surface area contributed by atoms with Crippen molar-refractivity contribution in [3.63, 3.8) is 0 Å². The second-order valence-electron chi connectivity index (χ2n) is 5.36. The minimum atomic E-state index is -0.696. The largest absolute Gasteiger partial charge is 0.390 e. The van der Waals surface area contributed by atoms with E-state index in [0.717, 1.165) is 6.42 Å². The maximum Gasteiger partial charge on any atom is 0.114 e. The summed E-state index contributed by atoms with van der Waals surface area (Å²) < 4.78 is 16.6. The van der Waals surface area contributed by atoms with Crippen LogP contribution in [0.1, 0.15) is 26.2 Å². The number of fused-ring (bicyclic) bond motifs is 2. The molecule has 17 heavy (non-hydrogen) atoms. The van der Waals surface area contributed by atoms with Crippen molar-refractivity contribution in [2.24, 2.45) is 0 Å². The molecule has 98 valence electrons. The summed E-state index contributed by atoms with van der Waals surface area (Å²) in [5, 5.41) is 10.6. The SMILES string of the molecule is CCC1(O)C[C@@]2(COC)C=C[C@@](COC)(C1)O2. The van der Waals surface area contributed by atoms with Crippen LogP contribution in [0.2, 0.25) is 0 Å². The van der Waals surface area contributed by atoms with E-state index in [-0.39, 0.29) is 0 Å². The van der Waals surface area contributed by atoms with Gasteiger partial charge in [0.1, 0.15) is 11.2 Å². The third-order valence-electron chi connectivity index (χ3n) is 3.79. The molecule has 0 spiro atoms. The van der Waals surface area contributed by atoms with Gasteiger partial charge in [0, 0.05) is 27.1 Å². The Morgan fingerprint density at radius 3 is 1.94 bits per heavy atom. The van der Waals surface area contributed by atoms with Gasteiger partial charge in [-0.1, -0.05) is 19.1 Å². The van der Waals surface area contributed by atoms with E-state index in [0.29, 0.717) is 26.1 Å². The molecule has 1 N–H and O–H groups in total. The van der Waals surface area contributed by atoms with Gasteiger partial charge in [-0.05, 0) is 6.42 Å². The first kappa shape index (κ1) is 13.0. The normalized spacial score (nSPS) is 44.2. The Balaban J connectivity index is 2.25. The zero-order chi connectivity index (χ0) is 12.6. The summed E-state index contributed by atoms with van der Waals surface area (Å²) in [5.74, 6) is 0. The van der Waals surface area contributed by atoms with Crippen LogP contribution in [0.5, 0.6) is 0 Å². The highest BCUT2D eigenvalue weighted by Gasteiger charge is 2.56. The average molecular weight is 242 g/mol. The summed E-state index contributed by atoms with van der Waals surface area (Å²) in [6.45, 7) is 2.94. The Morgan fingerprint density at radius 1 is 1.12 bits per heavy atom. The zero-order valence-electron chi connectivity index (χ0n) is 10.9. The number of ether oxygens (including phenoxy) is 3. The number of hydrogen-bond donors (Lipinski definition) is 1. The molecule has 0 amide bonds. The molecule has 0 aromatic carbocycles. The van der Waals surface area contributed by atoms with E-state index in [1.807, 2.05) is 19.1 Å². The van der Waals surface area contributed by atoms with Gasteiger partial charge < -0.3 is 19.3 Å². The fourth-order valence-electron chi connectivity index (χ4n) is 3.14. The molecule has 4 heteroatoms. The number of hydrogen-bond acceptors (Lipinski definition) is 4. The molecule has 1 fully saturated rings. The highest BCUT2D eigenvalue weighted by Crippen LogP contribution is 2.48. The van der Waals surface area contributed by atoms with Crippen LogP contribution in [-0.2, 0) is 14.2 Å². The molecule has 0 aromatic rings. The van der Waals surface area contributed by atoms with Crippen molar-refractivity contribution in [3.8, 4) is 0 Å². The standard InChI is InChI=1S/C13H22O4/c1-4-11(14)7-12(9-15-2)5-6-13(8-11,17-12)10-16-3/h5-6,14H,4,7-10H2,1-3H3/t11?,12-,13+. The molecule has 2 aliphatic rings. The van der Waals surface area contributed by atoms with E-state index in [4.69, 9.17) is 14.2 Å². The van der Waals surface area contributed by atoms with E-state index in [1.54, 1.807) is 14.2 Å². The topological polar surface area (TPSA) is 47.9 Å². The lowest BCUT2D eigenvalue weighted by atomic mass is 9.78. The first-order valence-electron chi connectivity index (χ1n) is 6.12. The monoisotopic (exact) mass is 242 g/mol. The van der Waals surface area contributed by atoms with Gasteiger partial charge in [0.2, 0.25) is 0 Å². The van der Waals surface area contributed by atoms with Gasteiger partial charge in [-0.2, -0.15) is 0 Å². The van der Waals surface area contributed by atoms with Gasteiger partial charge in [0.05, 0.1) is 18.8 Å². The fourth-order valence-corrected chi connectivity index (χ4v) is 3.14. The first-order valence-corrected chi connectivity index (χ1v) is 6.12. The summed E-state index contributed by atoms with van der Waals surface area (Å²) in [6.07, 6.45) is 5.96. The Hall–Kier alpha value is -0.420. The molecule has 0 radical (unpaired) electrons. The van der Waals surface area contributed by atoms with Gasteiger partial charge in [0.25, 0.3) is 0 Å². The fraction of sp³-hybridized carbons (Fsp3) is 0.846. The smallest absolute Gasteiger partial charge is 0.114 e. The highest BCUT2D eigenvalue weighted by molar-refractivity contribution is 5.25. The van der Waals surface area contributed by atoms with Crippen molar-refractivity contribution in [1.82, 2.24) is 0 Å². The Bertz CT molecular complexity index is 291. The molecule has 0 aliphatic carbocycles. The summed E-state index contributed by atoms with van der Waals surface area (Å²) >= 11 is 0. The molecule has 1 unspecified atom stereocenters. The average Bonchev–Trinajstić information content (AvgIpc) is 2.52. The Kier molecular flexibility index (Phi) is 3.34. The molecule has 0 saturated carbocycles. The minimum Gasteiger partial charge on any atom is -0.390 e. The molecule has 2 rings (SSSR count). The lowest BCUT2D eigenvalue weighted by molar-refractivity contribution is -0.222. The third kappa shape index (κ3) is 2.27. The van der Waals surface area contributed by atoms with Crippen LogP contribution in [-0.4, -0.2) is 49.3 Å². The summed E-state index contributed by atoms with van der Waals surface area (Å²) in [7, 11) is 3.31. The highest BCUT2D eigenvalue weighted by atomic mass is 16.6. The second kappa shape index (κ2) is 4.35. The Morgan fingerprint density at radius 2 is 1.59 bits per heavy atom. The van der Waals surface area contributed by atoms with Gasteiger partial charge in [-0.3, -0.25) is 0 Å². The number of aliphatic hydroxyl groups is 1. The molecule has 2 heterocycles. The van der Waals surface area contributed by atoms with Crippen LogP contribution in [0.4, 0.5) is 0 Å². The maximum absolute atomic E-state index is 10.6. The van der Waals surface area contributed by atoms with Gasteiger partial charge >= 0.3 is 0 Å². The van der Waals surface area contributed by atoms with E-state index in [9.17, 15) is 5.11 Å². The molecular formula is C13H22O4. The maximum atomic E-state index is 10.6. The summed E-state index contributed by atoms with van der Waals surface area (Å²) in [4.78, 5) is 0. The van der Waals surface area contributed by atoms with Crippen molar-refractivity contribution in [2.45, 2.75) is 43.0 Å². The molecule has 2 bridgehead atoms. The third-order valence-corrected chi connectivity index (χ3v) is 3.79. The zero-order valence-corrected chi connectivity index (χ0v) is 10.9. The van der Waals surface area contributed by atoms with Crippen LogP contribution in [0.15, 0.2) is 12.2 Å². The predicted octanol–water partition coefficient (Wildman–Crippen LogP) is 1.28. The minimum absolute atomic E-state index is 0.470. The van der Waals surface area contributed by atoms with Crippen molar-refractivity contribution in [2.75, 3.05) is 27.4 Å². The molecule has 3 atom stereocenters. The van der Waals surface area contributed by atoms with Gasteiger partial charge in [-0.15, -0.1) is 0 Å². The lowest BCUT2D eigenvalue weighted by Gasteiger charge is -2.47. The van der Waals surface area contributed by atoms with Gasteiger partial charge in [-0.25, -0.2) is 0 Å². The predicted molar refractivity (Wildman–Crippen MR) is 63.9 cm³/mol. The summed E-state index contributed by atoms with van der Waals surface area (Å²) in [6, 6.07) is 0. The quantitative estimate of drug-likeness (QED) is 0.738. The van der Waals surface area contributed by atoms with Crippen LogP contribution in [0, 0.1) is 0 Å². The molecular weight excluding hydrogens is 220 g/mol. The van der Waals surface area contributed by atoms with E-state index >= 15 is 0 Å². The number of rotatable bonds is 5. The second-order valence-corrected chi connectivity index (χ2v) is 5.36. The van der Waals surface area contributed by atoms with Crippen LogP contribution in [0.3, 0.4) is 0 Å². The van der Waals surface area contributed by atoms with Gasteiger partial charge in [0.15, 0.2) is 0 Å². The van der Waals surface area contributed by atoms with Crippen LogP contribution in [0.25, 0.3) is 0 Å². The van der Waals surface area contributed by atoms with Crippen molar-refractivity contribution < 1.29 is 19.3 Å². The van der Waals surface area contributed by atoms with E-state index in [1.165, 1.54) is 0 Å². The molecule has 4 nitrogen and oxygen atoms in total. The van der Waals surface area contributed by atoms with E-state index < -0.39 is 16.8 Å². The Labute approximate surface area is 103 Å².